The molecule has 0 spiro atoms. The Balaban J connectivity index is 2.33. The summed E-state index contributed by atoms with van der Waals surface area (Å²) in [5.41, 5.74) is 5.66. The van der Waals surface area contributed by atoms with Crippen LogP contribution in [0, 0.1) is 5.92 Å². The van der Waals surface area contributed by atoms with Crippen molar-refractivity contribution in [2.24, 2.45) is 11.7 Å². The van der Waals surface area contributed by atoms with Gasteiger partial charge in [-0.05, 0) is 44.6 Å². The Labute approximate surface area is 97.8 Å². The minimum absolute atomic E-state index is 0.195. The molecule has 1 rings (SSSR count). The van der Waals surface area contributed by atoms with E-state index in [0.717, 1.165) is 32.4 Å². The van der Waals surface area contributed by atoms with Gasteiger partial charge >= 0.3 is 0 Å². The van der Waals surface area contributed by atoms with Crippen LogP contribution in [0.3, 0.4) is 0 Å². The number of aliphatic hydroxyl groups is 1. The van der Waals surface area contributed by atoms with E-state index in [1.165, 1.54) is 12.8 Å². The Bertz CT molecular complexity index is 172. The first kappa shape index (κ1) is 13.9. The molecule has 0 aromatic heterocycles. The second kappa shape index (κ2) is 7.98. The summed E-state index contributed by atoms with van der Waals surface area (Å²) in [6, 6.07) is 0.505. The molecule has 0 unspecified atom stereocenters. The molecule has 0 bridgehead atoms. The summed E-state index contributed by atoms with van der Waals surface area (Å²) in [6.45, 7) is 2.02. The lowest BCUT2D eigenvalue weighted by molar-refractivity contribution is 0.119. The number of nitrogens with two attached hydrogens (primary N) is 1. The monoisotopic (exact) mass is 232 g/mol. The third-order valence-electron chi connectivity index (χ3n) is 3.64. The Morgan fingerprint density at radius 3 is 2.38 bits per heavy atom. The van der Waals surface area contributed by atoms with Gasteiger partial charge in [-0.15, -0.1) is 0 Å². The highest BCUT2D eigenvalue weighted by molar-refractivity contribution is 4.80. The summed E-state index contributed by atoms with van der Waals surface area (Å²) >= 11 is 0. The zero-order valence-corrected chi connectivity index (χ0v) is 10.1. The first-order valence-corrected chi connectivity index (χ1v) is 6.42. The van der Waals surface area contributed by atoms with Gasteiger partial charge in [0.05, 0.1) is 0 Å². The van der Waals surface area contributed by atoms with Crippen LogP contribution in [0.4, 0.5) is 4.39 Å². The number of hydrogen-bond acceptors (Lipinski definition) is 3. The zero-order valence-electron chi connectivity index (χ0n) is 10.1. The Morgan fingerprint density at radius 1 is 1.19 bits per heavy atom. The zero-order chi connectivity index (χ0) is 11.8. The van der Waals surface area contributed by atoms with Gasteiger partial charge in [-0.1, -0.05) is 0 Å². The fourth-order valence-electron chi connectivity index (χ4n) is 2.61. The van der Waals surface area contributed by atoms with Crippen molar-refractivity contribution < 1.29 is 9.50 Å². The Kier molecular flexibility index (Phi) is 6.92. The molecule has 96 valence electrons. The lowest BCUT2D eigenvalue weighted by atomic mass is 9.85. The van der Waals surface area contributed by atoms with E-state index >= 15 is 0 Å². The molecule has 0 amide bonds. The maximum Gasteiger partial charge on any atom is 0.102 e. The van der Waals surface area contributed by atoms with E-state index in [-0.39, 0.29) is 13.3 Å². The molecule has 4 heteroatoms. The Hall–Kier alpha value is -0.190. The van der Waals surface area contributed by atoms with Gasteiger partial charge in [0.2, 0.25) is 0 Å². The predicted molar refractivity (Wildman–Crippen MR) is 64.1 cm³/mol. The molecule has 0 heterocycles. The van der Waals surface area contributed by atoms with Crippen LogP contribution >= 0.6 is 0 Å². The molecule has 3 N–H and O–H groups in total. The number of hydrogen-bond donors (Lipinski definition) is 2. The summed E-state index contributed by atoms with van der Waals surface area (Å²) in [4.78, 5) is 2.20. The molecular weight excluding hydrogens is 207 g/mol. The fourth-order valence-corrected chi connectivity index (χ4v) is 2.61. The summed E-state index contributed by atoms with van der Waals surface area (Å²) < 4.78 is 12.4. The van der Waals surface area contributed by atoms with Crippen LogP contribution in [0.5, 0.6) is 0 Å². The van der Waals surface area contributed by atoms with Gasteiger partial charge in [0, 0.05) is 25.7 Å². The smallest absolute Gasteiger partial charge is 0.102 e. The molecule has 0 aromatic rings. The van der Waals surface area contributed by atoms with Crippen molar-refractivity contribution in [2.75, 3.05) is 32.9 Å². The first-order valence-electron chi connectivity index (χ1n) is 6.42. The number of halogens is 1. The maximum atomic E-state index is 12.4. The normalized spacial score (nSPS) is 26.2. The van der Waals surface area contributed by atoms with Gasteiger partial charge in [-0.2, -0.15) is 0 Å². The molecule has 0 saturated heterocycles. The van der Waals surface area contributed by atoms with Crippen LogP contribution in [0.25, 0.3) is 0 Å². The quantitative estimate of drug-likeness (QED) is 0.692. The number of alkyl halides is 1. The highest BCUT2D eigenvalue weighted by Crippen LogP contribution is 2.26. The second-order valence-electron chi connectivity index (χ2n) is 4.71. The van der Waals surface area contributed by atoms with Crippen molar-refractivity contribution in [2.45, 2.75) is 38.1 Å². The van der Waals surface area contributed by atoms with Crippen LogP contribution in [-0.2, 0) is 0 Å². The third kappa shape index (κ3) is 4.36. The molecule has 0 atom stereocenters. The number of rotatable bonds is 7. The van der Waals surface area contributed by atoms with Gasteiger partial charge in [0.25, 0.3) is 0 Å². The van der Waals surface area contributed by atoms with E-state index in [1.807, 2.05) is 0 Å². The number of nitrogens with zero attached hydrogens (tertiary/aromatic N) is 1. The molecule has 16 heavy (non-hydrogen) atoms. The second-order valence-corrected chi connectivity index (χ2v) is 4.71. The van der Waals surface area contributed by atoms with Gasteiger partial charge in [-0.3, -0.25) is 4.90 Å². The van der Waals surface area contributed by atoms with E-state index in [9.17, 15) is 4.39 Å². The SMILES string of the molecule is NC[C@H]1CC[C@H](N(CCF)CCCO)CC1. The molecular formula is C12H25FN2O. The standard InChI is InChI=1S/C12H25FN2O/c13-6-8-15(7-1-9-16)12-4-2-11(10-14)3-5-12/h11-12,16H,1-10,14H2/t11-,12-. The molecule has 3 nitrogen and oxygen atoms in total. The highest BCUT2D eigenvalue weighted by atomic mass is 19.1. The molecule has 0 aliphatic heterocycles. The van der Waals surface area contributed by atoms with Crippen LogP contribution in [0.15, 0.2) is 0 Å². The third-order valence-corrected chi connectivity index (χ3v) is 3.64. The van der Waals surface area contributed by atoms with Crippen LogP contribution < -0.4 is 5.73 Å². The average molecular weight is 232 g/mol. The van der Waals surface area contributed by atoms with Gasteiger partial charge in [-0.25, -0.2) is 4.39 Å². The van der Waals surface area contributed by atoms with E-state index in [2.05, 4.69) is 4.90 Å². The minimum Gasteiger partial charge on any atom is -0.396 e. The lowest BCUT2D eigenvalue weighted by Crippen LogP contribution is -2.41. The van der Waals surface area contributed by atoms with Gasteiger partial charge < -0.3 is 10.8 Å². The Morgan fingerprint density at radius 2 is 1.88 bits per heavy atom. The molecule has 0 radical (unpaired) electrons. The maximum absolute atomic E-state index is 12.4. The highest BCUT2D eigenvalue weighted by Gasteiger charge is 2.24. The van der Waals surface area contributed by atoms with Crippen LogP contribution in [0.1, 0.15) is 32.1 Å². The van der Waals surface area contributed by atoms with Crippen molar-refractivity contribution >= 4 is 0 Å². The summed E-state index contributed by atoms with van der Waals surface area (Å²) in [5.74, 6) is 0.668. The van der Waals surface area contributed by atoms with Gasteiger partial charge in [0.15, 0.2) is 0 Å². The van der Waals surface area contributed by atoms with Gasteiger partial charge in [0.1, 0.15) is 6.67 Å². The number of aliphatic hydroxyl groups excluding tert-OH is 1. The molecule has 1 saturated carbocycles. The first-order chi connectivity index (χ1) is 7.81. The fraction of sp³-hybridized carbons (Fsp3) is 1.00. The van der Waals surface area contributed by atoms with E-state index in [4.69, 9.17) is 10.8 Å². The van der Waals surface area contributed by atoms with Crippen LogP contribution in [-0.4, -0.2) is 49.0 Å². The van der Waals surface area contributed by atoms with Crippen molar-refractivity contribution in [3.8, 4) is 0 Å². The average Bonchev–Trinajstić information content (AvgIpc) is 2.35. The topological polar surface area (TPSA) is 49.5 Å². The molecule has 0 aromatic carbocycles. The largest absolute Gasteiger partial charge is 0.396 e. The van der Waals surface area contributed by atoms with Crippen molar-refractivity contribution in [3.63, 3.8) is 0 Å². The minimum atomic E-state index is -0.289. The van der Waals surface area contributed by atoms with Crippen molar-refractivity contribution in [3.05, 3.63) is 0 Å². The van der Waals surface area contributed by atoms with Crippen LogP contribution in [0.2, 0.25) is 0 Å². The van der Waals surface area contributed by atoms with Crippen molar-refractivity contribution in [1.82, 2.24) is 4.90 Å². The summed E-state index contributed by atoms with van der Waals surface area (Å²) in [7, 11) is 0. The molecule has 1 fully saturated rings. The predicted octanol–water partition coefficient (Wildman–Crippen LogP) is 1.16. The van der Waals surface area contributed by atoms with E-state index < -0.39 is 0 Å². The lowest BCUT2D eigenvalue weighted by Gasteiger charge is -2.36. The molecule has 1 aliphatic carbocycles. The van der Waals surface area contributed by atoms with Crippen molar-refractivity contribution in [1.29, 1.82) is 0 Å². The summed E-state index contributed by atoms with van der Waals surface area (Å²) in [6.07, 6.45) is 5.35. The van der Waals surface area contributed by atoms with E-state index in [1.54, 1.807) is 0 Å². The summed E-state index contributed by atoms with van der Waals surface area (Å²) in [5, 5.41) is 8.82. The van der Waals surface area contributed by atoms with E-state index in [0.29, 0.717) is 18.5 Å². The molecule has 1 aliphatic rings.